The molecule has 0 aromatic carbocycles. The van der Waals surface area contributed by atoms with Gasteiger partial charge in [0.05, 0.1) is 26.4 Å². The highest BCUT2D eigenvalue weighted by Gasteiger charge is 2.31. The van der Waals surface area contributed by atoms with Crippen LogP contribution >= 0.6 is 15.6 Å². The summed E-state index contributed by atoms with van der Waals surface area (Å²) in [6.45, 7) is 9.75. The molecule has 0 radical (unpaired) electrons. The average molecular weight is 1580 g/mol. The van der Waals surface area contributed by atoms with Crippen molar-refractivity contribution in [3.8, 4) is 0 Å². The molecule has 3 N–H and O–H groups in total. The summed E-state index contributed by atoms with van der Waals surface area (Å²) in [5, 5.41) is 10.7. The van der Waals surface area contributed by atoms with E-state index in [2.05, 4.69) is 41.5 Å². The van der Waals surface area contributed by atoms with Crippen LogP contribution in [0, 0.1) is 11.8 Å². The molecule has 19 heteroatoms. The number of aliphatic hydroxyl groups excluding tert-OH is 1. The van der Waals surface area contributed by atoms with Gasteiger partial charge in [0.15, 0.2) is 12.2 Å². The van der Waals surface area contributed by atoms with Crippen molar-refractivity contribution >= 4 is 39.5 Å². The Bertz CT molecular complexity index is 2070. The topological polar surface area (TPSA) is 237 Å². The lowest BCUT2D eigenvalue weighted by atomic mass is 9.99. The van der Waals surface area contributed by atoms with Gasteiger partial charge in [-0.3, -0.25) is 37.3 Å². The number of hydrogen-bond donors (Lipinski definition) is 3. The second-order valence-corrected chi connectivity index (χ2v) is 35.6. The van der Waals surface area contributed by atoms with E-state index < -0.39 is 97.5 Å². The number of ether oxygens (including phenoxy) is 4. The van der Waals surface area contributed by atoms with Crippen molar-refractivity contribution in [2.24, 2.45) is 11.8 Å². The van der Waals surface area contributed by atoms with E-state index in [9.17, 15) is 43.2 Å². The highest BCUT2D eigenvalue weighted by Crippen LogP contribution is 2.45. The van der Waals surface area contributed by atoms with Crippen molar-refractivity contribution in [2.75, 3.05) is 39.6 Å². The zero-order chi connectivity index (χ0) is 79.2. The summed E-state index contributed by atoms with van der Waals surface area (Å²) in [6.07, 6.45) is 73.7. The number of esters is 4. The van der Waals surface area contributed by atoms with Crippen LogP contribution in [0.4, 0.5) is 0 Å². The van der Waals surface area contributed by atoms with E-state index in [0.717, 1.165) is 102 Å². The van der Waals surface area contributed by atoms with Crippen LogP contribution in [-0.4, -0.2) is 96.7 Å². The van der Waals surface area contributed by atoms with Crippen molar-refractivity contribution in [2.45, 2.75) is 496 Å². The molecule has 0 aliphatic heterocycles. The monoisotopic (exact) mass is 1580 g/mol. The summed E-state index contributed by atoms with van der Waals surface area (Å²) in [4.78, 5) is 73.3. The first-order chi connectivity index (χ1) is 52.4. The van der Waals surface area contributed by atoms with E-state index in [0.29, 0.717) is 25.7 Å². The third-order valence-corrected chi connectivity index (χ3v) is 23.2. The summed E-state index contributed by atoms with van der Waals surface area (Å²) >= 11 is 0. The zero-order valence-electron chi connectivity index (χ0n) is 71.2. The molecule has 3 unspecified atom stereocenters. The molecular formula is C89H174O17P2. The number of unbranched alkanes of at least 4 members (excludes halogenated alkanes) is 57. The summed E-state index contributed by atoms with van der Waals surface area (Å²) in [5.74, 6) is -0.441. The molecule has 0 aliphatic carbocycles. The Morgan fingerprint density at radius 1 is 0.269 bits per heavy atom. The molecule has 108 heavy (non-hydrogen) atoms. The highest BCUT2D eigenvalue weighted by atomic mass is 31.2. The van der Waals surface area contributed by atoms with Crippen molar-refractivity contribution in [3.63, 3.8) is 0 Å². The normalized spacial score (nSPS) is 14.0. The predicted octanol–water partition coefficient (Wildman–Crippen LogP) is 27.4. The van der Waals surface area contributed by atoms with Crippen LogP contribution in [0.2, 0.25) is 0 Å². The molecule has 17 nitrogen and oxygen atoms in total. The largest absolute Gasteiger partial charge is 0.472 e. The Balaban J connectivity index is 5.20. The maximum Gasteiger partial charge on any atom is 0.472 e. The van der Waals surface area contributed by atoms with Crippen LogP contribution < -0.4 is 0 Å². The Morgan fingerprint density at radius 3 is 0.704 bits per heavy atom. The third kappa shape index (κ3) is 80.7. The van der Waals surface area contributed by atoms with E-state index in [1.54, 1.807) is 0 Å². The maximum atomic E-state index is 13.2. The molecule has 0 spiro atoms. The molecule has 0 aromatic rings. The van der Waals surface area contributed by atoms with E-state index in [1.807, 2.05) is 0 Å². The number of phosphoric acid groups is 2. The number of aliphatic hydroxyl groups is 1. The molecule has 0 fully saturated rings. The molecule has 0 bridgehead atoms. The second kappa shape index (κ2) is 80.3. The van der Waals surface area contributed by atoms with Gasteiger partial charge in [0, 0.05) is 25.7 Å². The van der Waals surface area contributed by atoms with Gasteiger partial charge in [0.2, 0.25) is 0 Å². The third-order valence-electron chi connectivity index (χ3n) is 21.3. The number of hydrogen-bond acceptors (Lipinski definition) is 15. The standard InChI is InChI=1S/C89H174O17P2/c1-7-10-12-14-16-18-19-20-21-22-23-24-25-26-27-32-38-43-49-55-61-67-73-89(94)106-85(78-100-87(92)72-66-60-54-48-42-37-31-29-28-30-35-40-46-51-57-63-69-81(4)5)80-104-108(97,98)102-76-83(90)75-101-107(95,96)103-79-84(77-99-86(91)71-65-59-53-45-17-15-13-11-8-2)105-88(93)74-68-62-56-50-44-39-34-33-36-41-47-52-58-64-70-82(6)9-3/h81-85,90H,7-80H2,1-6H3,(H,95,96)(H,97,98)/t82?,83-,84+,85+/m0/s1. The lowest BCUT2D eigenvalue weighted by Gasteiger charge is -2.21. The first-order valence-corrected chi connectivity index (χ1v) is 49.0. The second-order valence-electron chi connectivity index (χ2n) is 32.7. The highest BCUT2D eigenvalue weighted by molar-refractivity contribution is 7.47. The summed E-state index contributed by atoms with van der Waals surface area (Å²) in [5.41, 5.74) is 0. The number of phosphoric ester groups is 2. The van der Waals surface area contributed by atoms with E-state index in [1.165, 1.54) is 295 Å². The van der Waals surface area contributed by atoms with Gasteiger partial charge in [0.25, 0.3) is 0 Å². The van der Waals surface area contributed by atoms with Gasteiger partial charge < -0.3 is 33.8 Å². The molecule has 0 saturated heterocycles. The van der Waals surface area contributed by atoms with Crippen LogP contribution in [0.15, 0.2) is 0 Å². The van der Waals surface area contributed by atoms with Crippen LogP contribution in [0.1, 0.15) is 478 Å². The van der Waals surface area contributed by atoms with E-state index >= 15 is 0 Å². The number of carbonyl (C=O) groups excluding carboxylic acids is 4. The number of carbonyl (C=O) groups is 4. The van der Waals surface area contributed by atoms with Crippen molar-refractivity contribution in [1.29, 1.82) is 0 Å². The van der Waals surface area contributed by atoms with Crippen molar-refractivity contribution < 1.29 is 80.2 Å². The van der Waals surface area contributed by atoms with Crippen molar-refractivity contribution in [1.82, 2.24) is 0 Å². The van der Waals surface area contributed by atoms with Gasteiger partial charge in [-0.2, -0.15) is 0 Å². The molecule has 0 rings (SSSR count). The SMILES string of the molecule is CCCCCCCCCCCCCCCCCCCCCCCCC(=O)O[C@H](COC(=O)CCCCCCCCCCCCCCCCCCC(C)C)COP(=O)(O)OC[C@@H](O)COP(=O)(O)OC[C@@H](COC(=O)CCCCCCCCCCC)OC(=O)CCCCCCCCCCCCCCCCC(C)CC. The van der Waals surface area contributed by atoms with Gasteiger partial charge in [-0.1, -0.05) is 427 Å². The fourth-order valence-electron chi connectivity index (χ4n) is 13.9. The van der Waals surface area contributed by atoms with Gasteiger partial charge >= 0.3 is 39.5 Å². The minimum atomic E-state index is -4.97. The lowest BCUT2D eigenvalue weighted by Crippen LogP contribution is -2.30. The minimum absolute atomic E-state index is 0.108. The van der Waals surface area contributed by atoms with Crippen LogP contribution in [0.3, 0.4) is 0 Å². The molecule has 0 saturated carbocycles. The quantitative estimate of drug-likeness (QED) is 0.0222. The van der Waals surface area contributed by atoms with Gasteiger partial charge in [0.1, 0.15) is 19.3 Å². The van der Waals surface area contributed by atoms with E-state index in [-0.39, 0.29) is 25.7 Å². The molecule has 6 atom stereocenters. The Hall–Kier alpha value is -1.94. The summed E-state index contributed by atoms with van der Waals surface area (Å²) in [7, 11) is -9.93. The zero-order valence-corrected chi connectivity index (χ0v) is 73.0. The number of rotatable bonds is 88. The lowest BCUT2D eigenvalue weighted by molar-refractivity contribution is -0.161. The Labute approximate surface area is 664 Å². The molecule has 0 amide bonds. The van der Waals surface area contributed by atoms with Crippen LogP contribution in [0.25, 0.3) is 0 Å². The van der Waals surface area contributed by atoms with Gasteiger partial charge in [-0.25, -0.2) is 9.13 Å². The fourth-order valence-corrected chi connectivity index (χ4v) is 15.5. The molecule has 0 heterocycles. The average Bonchev–Trinajstić information content (AvgIpc) is 0.902. The molecule has 0 aromatic heterocycles. The first kappa shape index (κ1) is 106. The molecule has 642 valence electrons. The van der Waals surface area contributed by atoms with Gasteiger partial charge in [-0.05, 0) is 37.5 Å². The predicted molar refractivity (Wildman–Crippen MR) is 446 cm³/mol. The Morgan fingerprint density at radius 2 is 0.472 bits per heavy atom. The van der Waals surface area contributed by atoms with E-state index in [4.69, 9.17) is 37.0 Å². The minimum Gasteiger partial charge on any atom is -0.462 e. The van der Waals surface area contributed by atoms with Crippen molar-refractivity contribution in [3.05, 3.63) is 0 Å². The fraction of sp³-hybridized carbons (Fsp3) is 0.955. The smallest absolute Gasteiger partial charge is 0.462 e. The first-order valence-electron chi connectivity index (χ1n) is 46.0. The van der Waals surface area contributed by atoms with Gasteiger partial charge in [-0.15, -0.1) is 0 Å². The molecular weight excluding hydrogens is 1400 g/mol. The van der Waals surface area contributed by atoms with Crippen LogP contribution in [0.5, 0.6) is 0 Å². The maximum absolute atomic E-state index is 13.2. The molecule has 0 aliphatic rings. The Kier molecular flexibility index (Phi) is 78.8. The summed E-state index contributed by atoms with van der Waals surface area (Å²) in [6, 6.07) is 0. The summed E-state index contributed by atoms with van der Waals surface area (Å²) < 4.78 is 68.9. The van der Waals surface area contributed by atoms with Crippen LogP contribution in [-0.2, 0) is 65.4 Å².